The molecule has 5 nitrogen and oxygen atoms in total. The number of aromatic hydroxyl groups is 1. The summed E-state index contributed by atoms with van der Waals surface area (Å²) in [6.45, 7) is 2.98. The van der Waals surface area contributed by atoms with Crippen molar-refractivity contribution in [2.24, 2.45) is 0 Å². The van der Waals surface area contributed by atoms with Gasteiger partial charge in [-0.25, -0.2) is 9.59 Å². The molecule has 1 aromatic rings. The number of carbonyl (C=O) groups excluding carboxylic acids is 2. The number of rotatable bonds is 2. The summed E-state index contributed by atoms with van der Waals surface area (Å²) in [6.07, 6.45) is 3.57. The number of esters is 2. The van der Waals surface area contributed by atoms with E-state index in [9.17, 15) is 14.7 Å². The van der Waals surface area contributed by atoms with Gasteiger partial charge >= 0.3 is 11.9 Å². The lowest BCUT2D eigenvalue weighted by Crippen LogP contribution is -2.41. The van der Waals surface area contributed by atoms with E-state index >= 15 is 0 Å². The van der Waals surface area contributed by atoms with E-state index in [4.69, 9.17) is 9.47 Å². The standard InChI is InChI=1S/C16H16O5/c1-16(2)20-14(18)12(15(19)21-16)8-11-7-10(9-3-4-9)5-6-13(11)17/h5-9,17H,3-4H2,1-2H3. The number of ether oxygens (including phenoxy) is 2. The lowest BCUT2D eigenvalue weighted by molar-refractivity contribution is -0.222. The third-order valence-electron chi connectivity index (χ3n) is 3.52. The Kier molecular flexibility index (Phi) is 3.01. The Balaban J connectivity index is 1.95. The Morgan fingerprint density at radius 2 is 1.81 bits per heavy atom. The van der Waals surface area contributed by atoms with Crippen LogP contribution >= 0.6 is 0 Å². The van der Waals surface area contributed by atoms with Gasteiger partial charge in [-0.3, -0.25) is 0 Å². The molecule has 110 valence electrons. The molecule has 1 N–H and O–H groups in total. The number of hydrogen-bond acceptors (Lipinski definition) is 5. The molecule has 0 amide bonds. The Morgan fingerprint density at radius 3 is 2.38 bits per heavy atom. The van der Waals surface area contributed by atoms with Crippen LogP contribution in [0.2, 0.25) is 0 Å². The third-order valence-corrected chi connectivity index (χ3v) is 3.52. The van der Waals surface area contributed by atoms with E-state index in [0.717, 1.165) is 18.4 Å². The first-order valence-corrected chi connectivity index (χ1v) is 6.87. The molecule has 21 heavy (non-hydrogen) atoms. The largest absolute Gasteiger partial charge is 0.507 e. The number of carbonyl (C=O) groups is 2. The van der Waals surface area contributed by atoms with Crippen molar-refractivity contribution < 1.29 is 24.2 Å². The van der Waals surface area contributed by atoms with Crippen molar-refractivity contribution in [3.05, 3.63) is 34.9 Å². The first-order valence-electron chi connectivity index (χ1n) is 6.87. The fourth-order valence-electron chi connectivity index (χ4n) is 2.29. The smallest absolute Gasteiger partial charge is 0.348 e. The zero-order valence-corrected chi connectivity index (χ0v) is 11.9. The zero-order valence-electron chi connectivity index (χ0n) is 11.9. The van der Waals surface area contributed by atoms with Crippen LogP contribution in [0.1, 0.15) is 43.7 Å². The Labute approximate surface area is 122 Å². The van der Waals surface area contributed by atoms with Gasteiger partial charge in [0.15, 0.2) is 0 Å². The number of phenols is 1. The van der Waals surface area contributed by atoms with E-state index in [1.807, 2.05) is 6.07 Å². The minimum Gasteiger partial charge on any atom is -0.507 e. The maximum absolute atomic E-state index is 11.9. The zero-order chi connectivity index (χ0) is 15.2. The summed E-state index contributed by atoms with van der Waals surface area (Å²) < 4.78 is 10.1. The van der Waals surface area contributed by atoms with E-state index < -0.39 is 17.7 Å². The minimum absolute atomic E-state index is 0.0114. The number of cyclic esters (lactones) is 2. The molecule has 1 aliphatic heterocycles. The second kappa shape index (κ2) is 4.62. The Morgan fingerprint density at radius 1 is 1.19 bits per heavy atom. The molecular weight excluding hydrogens is 272 g/mol. The summed E-state index contributed by atoms with van der Waals surface area (Å²) >= 11 is 0. The SMILES string of the molecule is CC1(C)OC(=O)C(=Cc2cc(C3CC3)ccc2O)C(=O)O1. The second-order valence-corrected chi connectivity index (χ2v) is 5.83. The van der Waals surface area contributed by atoms with Gasteiger partial charge < -0.3 is 14.6 Å². The van der Waals surface area contributed by atoms with Gasteiger partial charge in [0.2, 0.25) is 0 Å². The summed E-state index contributed by atoms with van der Waals surface area (Å²) in [5.74, 6) is -2.23. The van der Waals surface area contributed by atoms with Crippen molar-refractivity contribution in [1.29, 1.82) is 0 Å². The van der Waals surface area contributed by atoms with Crippen LogP contribution in [0, 0.1) is 0 Å². The highest BCUT2D eigenvalue weighted by Gasteiger charge is 2.39. The Bertz CT molecular complexity index is 631. The highest BCUT2D eigenvalue weighted by atomic mass is 16.7. The van der Waals surface area contributed by atoms with Crippen LogP contribution in [0.5, 0.6) is 5.75 Å². The third kappa shape index (κ3) is 2.77. The molecule has 0 atom stereocenters. The molecule has 1 aromatic carbocycles. The number of hydrogen-bond donors (Lipinski definition) is 1. The quantitative estimate of drug-likeness (QED) is 0.514. The average Bonchev–Trinajstić information content (AvgIpc) is 3.19. The normalized spacial score (nSPS) is 20.8. The molecule has 0 unspecified atom stereocenters. The average molecular weight is 288 g/mol. The van der Waals surface area contributed by atoms with Crippen LogP contribution in [0.25, 0.3) is 6.08 Å². The van der Waals surface area contributed by atoms with Gasteiger partial charge in [-0.15, -0.1) is 0 Å². The molecule has 0 radical (unpaired) electrons. The first-order chi connectivity index (χ1) is 9.85. The Hall–Kier alpha value is -2.30. The lowest BCUT2D eigenvalue weighted by Gasteiger charge is -2.29. The van der Waals surface area contributed by atoms with Crippen LogP contribution in [0.15, 0.2) is 23.8 Å². The summed E-state index contributed by atoms with van der Waals surface area (Å²) in [4.78, 5) is 23.8. The van der Waals surface area contributed by atoms with Gasteiger partial charge in [0.05, 0.1) is 0 Å². The molecule has 0 bridgehead atoms. The molecule has 1 heterocycles. The molecule has 2 aliphatic rings. The van der Waals surface area contributed by atoms with E-state index in [1.54, 1.807) is 12.1 Å². The van der Waals surface area contributed by atoms with Gasteiger partial charge in [0.25, 0.3) is 5.79 Å². The topological polar surface area (TPSA) is 72.8 Å². The van der Waals surface area contributed by atoms with Crippen molar-refractivity contribution in [2.45, 2.75) is 38.4 Å². The monoisotopic (exact) mass is 288 g/mol. The van der Waals surface area contributed by atoms with Crippen LogP contribution in [-0.2, 0) is 19.1 Å². The van der Waals surface area contributed by atoms with Gasteiger partial charge in [-0.05, 0) is 42.5 Å². The second-order valence-electron chi connectivity index (χ2n) is 5.83. The van der Waals surface area contributed by atoms with Gasteiger partial charge in [0, 0.05) is 19.4 Å². The van der Waals surface area contributed by atoms with Crippen molar-refractivity contribution in [3.8, 4) is 5.75 Å². The summed E-state index contributed by atoms with van der Waals surface area (Å²) in [5.41, 5.74) is 1.30. The molecule has 1 saturated heterocycles. The van der Waals surface area contributed by atoms with Gasteiger partial charge in [-0.1, -0.05) is 6.07 Å². The molecule has 0 spiro atoms. The predicted molar refractivity (Wildman–Crippen MR) is 74.3 cm³/mol. The van der Waals surface area contributed by atoms with Crippen molar-refractivity contribution in [1.82, 2.24) is 0 Å². The van der Waals surface area contributed by atoms with E-state index in [-0.39, 0.29) is 11.3 Å². The fraction of sp³-hybridized carbons (Fsp3) is 0.375. The molecule has 5 heteroatoms. The summed E-state index contributed by atoms with van der Waals surface area (Å²) in [7, 11) is 0. The summed E-state index contributed by atoms with van der Waals surface area (Å²) in [6, 6.07) is 5.22. The highest BCUT2D eigenvalue weighted by molar-refractivity contribution is 6.19. The summed E-state index contributed by atoms with van der Waals surface area (Å²) in [5, 5.41) is 9.89. The highest BCUT2D eigenvalue weighted by Crippen LogP contribution is 2.41. The lowest BCUT2D eigenvalue weighted by atomic mass is 10.0. The van der Waals surface area contributed by atoms with Crippen LogP contribution in [0.3, 0.4) is 0 Å². The van der Waals surface area contributed by atoms with Crippen molar-refractivity contribution in [3.63, 3.8) is 0 Å². The van der Waals surface area contributed by atoms with E-state index in [0.29, 0.717) is 11.5 Å². The first kappa shape index (κ1) is 13.7. The predicted octanol–water partition coefficient (Wildman–Crippen LogP) is 2.49. The van der Waals surface area contributed by atoms with E-state index in [2.05, 4.69) is 0 Å². The number of phenolic OH excluding ortho intramolecular Hbond substituents is 1. The van der Waals surface area contributed by atoms with Crippen LogP contribution < -0.4 is 0 Å². The molecule has 1 aliphatic carbocycles. The molecule has 0 aromatic heterocycles. The fourth-order valence-corrected chi connectivity index (χ4v) is 2.29. The van der Waals surface area contributed by atoms with Crippen LogP contribution in [-0.4, -0.2) is 22.8 Å². The molecule has 2 fully saturated rings. The van der Waals surface area contributed by atoms with Crippen molar-refractivity contribution >= 4 is 18.0 Å². The maximum Gasteiger partial charge on any atom is 0.348 e. The van der Waals surface area contributed by atoms with Crippen molar-refractivity contribution in [2.75, 3.05) is 0 Å². The molecule has 3 rings (SSSR count). The molecule has 1 saturated carbocycles. The van der Waals surface area contributed by atoms with Gasteiger partial charge in [-0.2, -0.15) is 0 Å². The number of benzene rings is 1. The van der Waals surface area contributed by atoms with E-state index in [1.165, 1.54) is 19.9 Å². The maximum atomic E-state index is 11.9. The van der Waals surface area contributed by atoms with Crippen LogP contribution in [0.4, 0.5) is 0 Å². The molecular formula is C16H16O5. The van der Waals surface area contributed by atoms with Gasteiger partial charge in [0.1, 0.15) is 11.3 Å². The minimum atomic E-state index is -1.26.